The highest BCUT2D eigenvalue weighted by molar-refractivity contribution is 5.88. The molecule has 0 saturated carbocycles. The molecule has 0 radical (unpaired) electrons. The minimum Gasteiger partial charge on any atom is -0.475 e. The van der Waals surface area contributed by atoms with Crippen molar-refractivity contribution in [3.8, 4) is 0 Å². The Hall–Kier alpha value is -1.25. The average molecular weight is 186 g/mol. The van der Waals surface area contributed by atoms with Gasteiger partial charge in [-0.15, -0.1) is 0 Å². The molecule has 0 bridgehead atoms. The molecule has 6 heteroatoms. The van der Waals surface area contributed by atoms with Gasteiger partial charge in [-0.3, -0.25) is 0 Å². The normalized spacial score (nSPS) is 8.67. The Morgan fingerprint density at radius 1 is 1.08 bits per heavy atom. The molecule has 0 atom stereocenters. The number of aromatic carboxylic acids is 2. The minimum atomic E-state index is -1.28. The fraction of sp³-hybridized carbons (Fsp3) is 0. The van der Waals surface area contributed by atoms with Crippen LogP contribution in [0.25, 0.3) is 0 Å². The third-order valence-electron chi connectivity index (χ3n) is 1.03. The summed E-state index contributed by atoms with van der Waals surface area (Å²) in [6, 6.07) is 2.18. The quantitative estimate of drug-likeness (QED) is 0.607. The average Bonchev–Trinajstić information content (AvgIpc) is 2.33. The van der Waals surface area contributed by atoms with Crippen LogP contribution in [0.3, 0.4) is 0 Å². The molecule has 12 heavy (non-hydrogen) atoms. The molecule has 0 aliphatic carbocycles. The molecule has 0 aromatic carbocycles. The van der Waals surface area contributed by atoms with E-state index in [4.69, 9.17) is 10.2 Å². The van der Waals surface area contributed by atoms with Crippen LogP contribution < -0.4 is 0 Å². The second kappa shape index (κ2) is 3.95. The summed E-state index contributed by atoms with van der Waals surface area (Å²) in [5.74, 6) is -3.31. The van der Waals surface area contributed by atoms with Crippen molar-refractivity contribution in [3.05, 3.63) is 23.7 Å². The van der Waals surface area contributed by atoms with Crippen LogP contribution in [0.2, 0.25) is 0 Å². The first kappa shape index (κ1) is 10.8. The Balaban J connectivity index is 0.00000121. The second-order valence-electron chi connectivity index (χ2n) is 1.77. The summed E-state index contributed by atoms with van der Waals surface area (Å²) in [6.07, 6.45) is 0. The van der Waals surface area contributed by atoms with Crippen molar-refractivity contribution in [3.63, 3.8) is 0 Å². The molecule has 0 aliphatic rings. The largest absolute Gasteiger partial charge is 0.475 e. The van der Waals surface area contributed by atoms with Crippen molar-refractivity contribution in [2.75, 3.05) is 0 Å². The van der Waals surface area contributed by atoms with E-state index in [0.717, 1.165) is 12.1 Å². The van der Waals surface area contributed by atoms with Crippen molar-refractivity contribution < 1.29 is 24.2 Å². The lowest BCUT2D eigenvalue weighted by molar-refractivity contribution is 0.0632. The molecule has 2 N–H and O–H groups in total. The second-order valence-corrected chi connectivity index (χ2v) is 1.77. The highest BCUT2D eigenvalue weighted by atomic mass is 27.0. The van der Waals surface area contributed by atoms with Gasteiger partial charge in [0.15, 0.2) is 17.4 Å². The van der Waals surface area contributed by atoms with E-state index < -0.39 is 11.9 Å². The van der Waals surface area contributed by atoms with E-state index in [1.54, 1.807) is 0 Å². The van der Waals surface area contributed by atoms with Crippen LogP contribution in [-0.4, -0.2) is 39.5 Å². The molecule has 0 aliphatic heterocycles. The van der Waals surface area contributed by atoms with Crippen molar-refractivity contribution in [1.29, 1.82) is 0 Å². The predicted octanol–water partition coefficient (Wildman–Crippen LogP) is -0.508. The maximum atomic E-state index is 10.2. The summed E-state index contributed by atoms with van der Waals surface area (Å²) < 4.78 is 4.41. The molecule has 5 nitrogen and oxygen atoms in total. The first-order valence-corrected chi connectivity index (χ1v) is 2.67. The molecule has 1 aromatic rings. The van der Waals surface area contributed by atoms with Crippen molar-refractivity contribution in [2.24, 2.45) is 0 Å². The van der Waals surface area contributed by atoms with Crippen molar-refractivity contribution in [1.82, 2.24) is 0 Å². The lowest BCUT2D eigenvalue weighted by Crippen LogP contribution is -1.94. The highest BCUT2D eigenvalue weighted by Gasteiger charge is 2.12. The molecule has 0 fully saturated rings. The lowest BCUT2D eigenvalue weighted by Gasteiger charge is -1.84. The molecule has 1 rings (SSSR count). The Morgan fingerprint density at radius 2 is 1.42 bits per heavy atom. The molecule has 0 amide bonds. The fourth-order valence-corrected chi connectivity index (χ4v) is 0.568. The maximum absolute atomic E-state index is 10.2. The molecular weight excluding hydrogens is 179 g/mol. The van der Waals surface area contributed by atoms with Crippen LogP contribution in [0.4, 0.5) is 0 Å². The van der Waals surface area contributed by atoms with Gasteiger partial charge in [0.1, 0.15) is 0 Å². The van der Waals surface area contributed by atoms with Gasteiger partial charge in [0.2, 0.25) is 11.5 Å². The Bertz CT molecular complexity index is 274. The van der Waals surface area contributed by atoms with Gasteiger partial charge < -0.3 is 14.6 Å². The van der Waals surface area contributed by atoms with E-state index in [1.807, 2.05) is 0 Å². The number of carboxylic acids is 2. The van der Waals surface area contributed by atoms with Crippen LogP contribution in [0, 0.1) is 0 Å². The molecule has 0 spiro atoms. The number of hydrogen-bond donors (Lipinski definition) is 2. The Kier molecular flexibility index (Phi) is 3.54. The van der Waals surface area contributed by atoms with Gasteiger partial charge in [-0.1, -0.05) is 0 Å². The van der Waals surface area contributed by atoms with E-state index in [9.17, 15) is 9.59 Å². The van der Waals surface area contributed by atoms with E-state index in [1.165, 1.54) is 0 Å². The van der Waals surface area contributed by atoms with Gasteiger partial charge >= 0.3 is 11.9 Å². The van der Waals surface area contributed by atoms with E-state index >= 15 is 0 Å². The van der Waals surface area contributed by atoms with Crippen LogP contribution in [0.15, 0.2) is 16.5 Å². The number of rotatable bonds is 2. The first-order chi connectivity index (χ1) is 5.11. The third-order valence-corrected chi connectivity index (χ3v) is 1.03. The zero-order chi connectivity index (χ0) is 8.43. The smallest absolute Gasteiger partial charge is 0.371 e. The number of carboxylic acid groups (broad SMARTS) is 2. The predicted molar refractivity (Wildman–Crippen MR) is 42.6 cm³/mol. The molecule has 0 saturated heterocycles. The SMILES string of the molecule is O=C(O)c1ccc(C(=O)O)o1.[AlH3]. The molecule has 64 valence electrons. The van der Waals surface area contributed by atoms with Gasteiger partial charge in [0, 0.05) is 0 Å². The van der Waals surface area contributed by atoms with Crippen molar-refractivity contribution >= 4 is 29.3 Å². The van der Waals surface area contributed by atoms with Crippen molar-refractivity contribution in [2.45, 2.75) is 0 Å². The van der Waals surface area contributed by atoms with E-state index in [2.05, 4.69) is 4.42 Å². The summed E-state index contributed by atoms with van der Waals surface area (Å²) in [5, 5.41) is 16.6. The summed E-state index contributed by atoms with van der Waals surface area (Å²) in [5.41, 5.74) is 0. The van der Waals surface area contributed by atoms with Crippen LogP contribution in [0.5, 0.6) is 0 Å². The zero-order valence-electron chi connectivity index (χ0n) is 5.27. The van der Waals surface area contributed by atoms with Crippen LogP contribution in [-0.2, 0) is 0 Å². The maximum Gasteiger partial charge on any atom is 0.371 e. The summed E-state index contributed by atoms with van der Waals surface area (Å²) in [7, 11) is 0. The van der Waals surface area contributed by atoms with Gasteiger partial charge in [-0.25, -0.2) is 9.59 Å². The first-order valence-electron chi connectivity index (χ1n) is 2.67. The summed E-state index contributed by atoms with van der Waals surface area (Å²) in [4.78, 5) is 20.3. The Morgan fingerprint density at radius 3 is 1.58 bits per heavy atom. The number of furan rings is 1. The molecule has 1 heterocycles. The lowest BCUT2D eigenvalue weighted by atomic mass is 10.4. The third kappa shape index (κ3) is 2.12. The summed E-state index contributed by atoms with van der Waals surface area (Å²) in [6.45, 7) is 0. The summed E-state index contributed by atoms with van der Waals surface area (Å²) >= 11 is 0. The topological polar surface area (TPSA) is 87.7 Å². The van der Waals surface area contributed by atoms with E-state index in [-0.39, 0.29) is 28.9 Å². The highest BCUT2D eigenvalue weighted by Crippen LogP contribution is 2.06. The van der Waals surface area contributed by atoms with Gasteiger partial charge in [0.05, 0.1) is 0 Å². The fourth-order valence-electron chi connectivity index (χ4n) is 0.568. The van der Waals surface area contributed by atoms with Crippen LogP contribution in [0.1, 0.15) is 21.1 Å². The molecule has 0 unspecified atom stereocenters. The monoisotopic (exact) mass is 186 g/mol. The van der Waals surface area contributed by atoms with Gasteiger partial charge in [-0.05, 0) is 12.1 Å². The number of hydrogen-bond acceptors (Lipinski definition) is 3. The standard InChI is InChI=1S/C6H4O5.Al.3H/c7-5(8)3-1-2-4(11-3)6(9)10;;;;/h1-2H,(H,7,8)(H,9,10);;;;. The van der Waals surface area contributed by atoms with Gasteiger partial charge in [0.25, 0.3) is 0 Å². The number of carbonyl (C=O) groups is 2. The Labute approximate surface area is 77.7 Å². The molecular formula is C6H7AlO5. The van der Waals surface area contributed by atoms with Crippen LogP contribution >= 0.6 is 0 Å². The van der Waals surface area contributed by atoms with E-state index in [0.29, 0.717) is 0 Å². The minimum absolute atomic E-state index is 0. The zero-order valence-corrected chi connectivity index (χ0v) is 5.27. The molecule has 1 aromatic heterocycles. The van der Waals surface area contributed by atoms with Gasteiger partial charge in [-0.2, -0.15) is 0 Å².